The van der Waals surface area contributed by atoms with E-state index in [9.17, 15) is 4.79 Å². The van der Waals surface area contributed by atoms with E-state index in [1.807, 2.05) is 0 Å². The van der Waals surface area contributed by atoms with Crippen LogP contribution in [0.2, 0.25) is 0 Å². The average molecular weight is 266 g/mol. The third-order valence-corrected chi connectivity index (χ3v) is 4.96. The van der Waals surface area contributed by atoms with Gasteiger partial charge < -0.3 is 10.6 Å². The van der Waals surface area contributed by atoms with E-state index in [0.29, 0.717) is 30.3 Å². The lowest BCUT2D eigenvalue weighted by atomic mass is 9.74. The molecular weight excluding hydrogens is 236 g/mol. The molecule has 3 nitrogen and oxygen atoms in total. The molecule has 0 aromatic rings. The Labute approximate surface area is 117 Å². The average Bonchev–Trinajstić information content (AvgIpc) is 2.81. The van der Waals surface area contributed by atoms with Crippen LogP contribution in [0.5, 0.6) is 0 Å². The van der Waals surface area contributed by atoms with Crippen LogP contribution in [0.1, 0.15) is 59.3 Å². The molecule has 1 aliphatic heterocycles. The van der Waals surface area contributed by atoms with Gasteiger partial charge in [-0.25, -0.2) is 0 Å². The zero-order valence-corrected chi connectivity index (χ0v) is 12.7. The minimum atomic E-state index is 0.254. The minimum Gasteiger partial charge on any atom is -0.353 e. The standard InChI is InChI=1S/C16H30N2O/c1-11(2)14-7-6-12(3)9-15(14)18-16(19)10-13-5-4-8-17-13/h11-15,17H,4-10H2,1-3H3,(H,18,19). The largest absolute Gasteiger partial charge is 0.353 e. The maximum atomic E-state index is 12.2. The summed E-state index contributed by atoms with van der Waals surface area (Å²) >= 11 is 0. The molecule has 4 unspecified atom stereocenters. The van der Waals surface area contributed by atoms with Crippen molar-refractivity contribution >= 4 is 5.91 Å². The molecule has 19 heavy (non-hydrogen) atoms. The Bertz CT molecular complexity index is 297. The van der Waals surface area contributed by atoms with Crippen molar-refractivity contribution in [3.05, 3.63) is 0 Å². The Morgan fingerprint density at radius 3 is 2.74 bits per heavy atom. The van der Waals surface area contributed by atoms with Gasteiger partial charge in [0.15, 0.2) is 0 Å². The summed E-state index contributed by atoms with van der Waals surface area (Å²) in [5, 5.41) is 6.74. The summed E-state index contributed by atoms with van der Waals surface area (Å²) in [5.41, 5.74) is 0. The van der Waals surface area contributed by atoms with Crippen LogP contribution >= 0.6 is 0 Å². The molecule has 1 saturated carbocycles. The topological polar surface area (TPSA) is 41.1 Å². The fraction of sp³-hybridized carbons (Fsp3) is 0.938. The summed E-state index contributed by atoms with van der Waals surface area (Å²) in [6.07, 6.45) is 6.78. The molecule has 2 N–H and O–H groups in total. The van der Waals surface area contributed by atoms with Crippen LogP contribution in [0.3, 0.4) is 0 Å². The van der Waals surface area contributed by atoms with Crippen LogP contribution in [-0.2, 0) is 4.79 Å². The van der Waals surface area contributed by atoms with E-state index >= 15 is 0 Å². The molecule has 1 heterocycles. The van der Waals surface area contributed by atoms with E-state index in [-0.39, 0.29) is 5.91 Å². The molecule has 1 aliphatic carbocycles. The molecule has 1 saturated heterocycles. The second kappa shape index (κ2) is 6.74. The van der Waals surface area contributed by atoms with Crippen LogP contribution in [0, 0.1) is 17.8 Å². The lowest BCUT2D eigenvalue weighted by Gasteiger charge is -2.38. The Balaban J connectivity index is 1.85. The molecule has 0 aromatic carbocycles. The number of rotatable bonds is 4. The van der Waals surface area contributed by atoms with Crippen molar-refractivity contribution in [2.45, 2.75) is 71.4 Å². The van der Waals surface area contributed by atoms with E-state index < -0.39 is 0 Å². The lowest BCUT2D eigenvalue weighted by Crippen LogP contribution is -2.46. The number of hydrogen-bond acceptors (Lipinski definition) is 2. The molecule has 1 amide bonds. The van der Waals surface area contributed by atoms with Gasteiger partial charge in [-0.15, -0.1) is 0 Å². The van der Waals surface area contributed by atoms with E-state index in [1.165, 1.54) is 19.3 Å². The van der Waals surface area contributed by atoms with Gasteiger partial charge in [-0.05, 0) is 50.0 Å². The highest BCUT2D eigenvalue weighted by atomic mass is 16.1. The van der Waals surface area contributed by atoms with Crippen LogP contribution in [-0.4, -0.2) is 24.5 Å². The van der Waals surface area contributed by atoms with Crippen LogP contribution in [0.15, 0.2) is 0 Å². The number of nitrogens with one attached hydrogen (secondary N) is 2. The van der Waals surface area contributed by atoms with Crippen molar-refractivity contribution in [3.8, 4) is 0 Å². The predicted molar refractivity (Wildman–Crippen MR) is 78.9 cm³/mol. The second-order valence-corrected chi connectivity index (χ2v) is 7.00. The monoisotopic (exact) mass is 266 g/mol. The van der Waals surface area contributed by atoms with Gasteiger partial charge >= 0.3 is 0 Å². The first-order chi connectivity index (χ1) is 9.06. The highest BCUT2D eigenvalue weighted by Crippen LogP contribution is 2.33. The fourth-order valence-electron chi connectivity index (χ4n) is 3.79. The highest BCUT2D eigenvalue weighted by Gasteiger charge is 2.32. The molecule has 0 aromatic heterocycles. The predicted octanol–water partition coefficient (Wildman–Crippen LogP) is 2.71. The molecule has 2 fully saturated rings. The number of amides is 1. The third kappa shape index (κ3) is 4.20. The van der Waals surface area contributed by atoms with Crippen molar-refractivity contribution in [1.29, 1.82) is 0 Å². The summed E-state index contributed by atoms with van der Waals surface area (Å²) in [5.74, 6) is 2.34. The quantitative estimate of drug-likeness (QED) is 0.821. The zero-order valence-electron chi connectivity index (χ0n) is 12.7. The SMILES string of the molecule is CC1CCC(C(C)C)C(NC(=O)CC2CCCN2)C1. The van der Waals surface area contributed by atoms with E-state index in [2.05, 4.69) is 31.4 Å². The van der Waals surface area contributed by atoms with Crippen LogP contribution in [0.25, 0.3) is 0 Å². The summed E-state index contributed by atoms with van der Waals surface area (Å²) < 4.78 is 0. The molecule has 2 aliphatic rings. The van der Waals surface area contributed by atoms with E-state index in [4.69, 9.17) is 0 Å². The normalized spacial score (nSPS) is 35.6. The van der Waals surface area contributed by atoms with Gasteiger partial charge in [0.05, 0.1) is 0 Å². The van der Waals surface area contributed by atoms with Crippen molar-refractivity contribution in [2.24, 2.45) is 17.8 Å². The smallest absolute Gasteiger partial charge is 0.221 e. The van der Waals surface area contributed by atoms with Gasteiger partial charge in [0.25, 0.3) is 0 Å². The summed E-state index contributed by atoms with van der Waals surface area (Å²) in [6.45, 7) is 7.97. The van der Waals surface area contributed by atoms with E-state index in [0.717, 1.165) is 25.3 Å². The third-order valence-electron chi connectivity index (χ3n) is 4.96. The molecule has 0 bridgehead atoms. The van der Waals surface area contributed by atoms with Crippen LogP contribution in [0.4, 0.5) is 0 Å². The summed E-state index contributed by atoms with van der Waals surface area (Å²) in [7, 11) is 0. The zero-order chi connectivity index (χ0) is 13.8. The van der Waals surface area contributed by atoms with Crippen molar-refractivity contribution in [3.63, 3.8) is 0 Å². The van der Waals surface area contributed by atoms with Gasteiger partial charge in [0.2, 0.25) is 5.91 Å². The highest BCUT2D eigenvalue weighted by molar-refractivity contribution is 5.77. The molecule has 110 valence electrons. The molecule has 4 atom stereocenters. The Kier molecular flexibility index (Phi) is 5.26. The fourth-order valence-corrected chi connectivity index (χ4v) is 3.79. The molecule has 2 rings (SSSR count). The number of carbonyl (C=O) groups excluding carboxylic acids is 1. The number of hydrogen-bond donors (Lipinski definition) is 2. The number of carbonyl (C=O) groups is 1. The van der Waals surface area contributed by atoms with Crippen molar-refractivity contribution in [1.82, 2.24) is 10.6 Å². The maximum absolute atomic E-state index is 12.2. The van der Waals surface area contributed by atoms with Crippen molar-refractivity contribution < 1.29 is 4.79 Å². The lowest BCUT2D eigenvalue weighted by molar-refractivity contribution is -0.123. The first kappa shape index (κ1) is 14.8. The molecule has 0 spiro atoms. The first-order valence-electron chi connectivity index (χ1n) is 8.09. The minimum absolute atomic E-state index is 0.254. The van der Waals surface area contributed by atoms with Gasteiger partial charge in [0.1, 0.15) is 0 Å². The Morgan fingerprint density at radius 2 is 2.11 bits per heavy atom. The molecule has 0 radical (unpaired) electrons. The van der Waals surface area contributed by atoms with Gasteiger partial charge in [0, 0.05) is 18.5 Å². The second-order valence-electron chi connectivity index (χ2n) is 7.00. The van der Waals surface area contributed by atoms with Gasteiger partial charge in [-0.2, -0.15) is 0 Å². The van der Waals surface area contributed by atoms with Gasteiger partial charge in [-0.1, -0.05) is 27.2 Å². The summed E-state index contributed by atoms with van der Waals surface area (Å²) in [6, 6.07) is 0.816. The Hall–Kier alpha value is -0.570. The molecule has 3 heteroatoms. The van der Waals surface area contributed by atoms with Crippen LogP contribution < -0.4 is 10.6 Å². The first-order valence-corrected chi connectivity index (χ1v) is 8.09. The van der Waals surface area contributed by atoms with Crippen molar-refractivity contribution in [2.75, 3.05) is 6.54 Å². The van der Waals surface area contributed by atoms with Gasteiger partial charge in [-0.3, -0.25) is 4.79 Å². The maximum Gasteiger partial charge on any atom is 0.221 e. The molecular formula is C16H30N2O. The summed E-state index contributed by atoms with van der Waals surface area (Å²) in [4.78, 5) is 12.2. The Morgan fingerprint density at radius 1 is 1.32 bits per heavy atom. The van der Waals surface area contributed by atoms with E-state index in [1.54, 1.807) is 0 Å².